The van der Waals surface area contributed by atoms with Crippen LogP contribution in [0.25, 0.3) is 0 Å². The van der Waals surface area contributed by atoms with E-state index in [9.17, 15) is 19.8 Å². The number of rotatable bonds is 6. The van der Waals surface area contributed by atoms with E-state index in [1.165, 1.54) is 38.5 Å². The average Bonchev–Trinajstić information content (AvgIpc) is 3.34. The van der Waals surface area contributed by atoms with Gasteiger partial charge in [-0.25, -0.2) is 14.8 Å². The van der Waals surface area contributed by atoms with Gasteiger partial charge in [-0.15, -0.1) is 0 Å². The normalized spacial score (nSPS) is 31.3. The Morgan fingerprint density at radius 1 is 1.09 bits per heavy atom. The molecule has 1 saturated heterocycles. The molecule has 0 bridgehead atoms. The summed E-state index contributed by atoms with van der Waals surface area (Å²) in [6.07, 6.45) is 17.5. The Hall–Kier alpha value is -3.08. The van der Waals surface area contributed by atoms with Gasteiger partial charge in [0.2, 0.25) is 0 Å². The summed E-state index contributed by atoms with van der Waals surface area (Å²) in [5, 5.41) is 22.1. The van der Waals surface area contributed by atoms with E-state index < -0.39 is 36.0 Å². The quantitative estimate of drug-likeness (QED) is 0.184. The molecule has 1 aliphatic carbocycles. The Kier molecular flexibility index (Phi) is 13.4. The van der Waals surface area contributed by atoms with Crippen LogP contribution in [-0.2, 0) is 14.3 Å². The molecule has 4 rings (SSSR count). The molecule has 2 N–H and O–H groups in total. The van der Waals surface area contributed by atoms with Crippen LogP contribution in [0.3, 0.4) is 0 Å². The molecule has 0 unspecified atom stereocenters. The first-order chi connectivity index (χ1) is 22.0. The number of piperazine rings is 1. The molecule has 1 aromatic heterocycles. The van der Waals surface area contributed by atoms with Crippen LogP contribution < -0.4 is 0 Å². The van der Waals surface area contributed by atoms with E-state index in [-0.39, 0.29) is 31.1 Å². The summed E-state index contributed by atoms with van der Waals surface area (Å²) in [4.78, 5) is 39.1. The number of aliphatic hydroxyl groups excluding tert-OH is 1. The highest BCUT2D eigenvalue weighted by molar-refractivity contribution is 5.70. The van der Waals surface area contributed by atoms with Gasteiger partial charge in [0.05, 0.1) is 12.5 Å². The highest BCUT2D eigenvalue weighted by Gasteiger charge is 2.37. The molecule has 254 valence electrons. The molecule has 0 aromatic carbocycles. The van der Waals surface area contributed by atoms with Gasteiger partial charge in [0.15, 0.2) is 6.10 Å². The van der Waals surface area contributed by atoms with Gasteiger partial charge in [-0.2, -0.15) is 0 Å². The average molecular weight is 639 g/mol. The minimum atomic E-state index is -1.45. The number of allylic oxidation sites excluding steroid dienone is 3. The highest BCUT2D eigenvalue weighted by atomic mass is 16.6. The van der Waals surface area contributed by atoms with E-state index in [0.717, 1.165) is 18.7 Å². The van der Waals surface area contributed by atoms with Crippen LogP contribution in [-0.4, -0.2) is 98.2 Å². The highest BCUT2D eigenvalue weighted by Crippen LogP contribution is 2.28. The number of aromatic nitrogens is 2. The van der Waals surface area contributed by atoms with Crippen LogP contribution in [0.1, 0.15) is 97.2 Å². The van der Waals surface area contributed by atoms with Crippen molar-refractivity contribution in [2.75, 3.05) is 26.2 Å². The maximum absolute atomic E-state index is 13.4. The smallest absolute Gasteiger partial charge is 0.410 e. The second-order valence-corrected chi connectivity index (χ2v) is 13.6. The van der Waals surface area contributed by atoms with Crippen molar-refractivity contribution in [3.05, 3.63) is 60.2 Å². The number of carbonyl (C=O) groups is 2. The van der Waals surface area contributed by atoms with Gasteiger partial charge in [0.25, 0.3) is 0 Å². The molecule has 3 aliphatic rings. The van der Waals surface area contributed by atoms with Crippen molar-refractivity contribution in [2.45, 2.75) is 121 Å². The number of aliphatic hydroxyl groups is 2. The van der Waals surface area contributed by atoms with Crippen molar-refractivity contribution in [3.63, 3.8) is 0 Å². The van der Waals surface area contributed by atoms with Crippen LogP contribution in [0.15, 0.2) is 54.4 Å². The topological polar surface area (TPSA) is 125 Å². The van der Waals surface area contributed by atoms with Crippen molar-refractivity contribution in [2.24, 2.45) is 5.92 Å². The lowest BCUT2D eigenvalue weighted by Crippen LogP contribution is -2.53. The molecule has 2 fully saturated rings. The van der Waals surface area contributed by atoms with E-state index in [2.05, 4.69) is 14.9 Å². The third kappa shape index (κ3) is 10.5. The predicted molar refractivity (Wildman–Crippen MR) is 177 cm³/mol. The van der Waals surface area contributed by atoms with Gasteiger partial charge >= 0.3 is 12.1 Å². The number of ether oxygens (including phenoxy) is 2. The summed E-state index contributed by atoms with van der Waals surface area (Å²) in [6, 6.07) is 2.37. The number of nitrogens with zero attached hydrogens (tertiary/aromatic N) is 4. The molecule has 46 heavy (non-hydrogen) atoms. The van der Waals surface area contributed by atoms with E-state index in [1.54, 1.807) is 36.4 Å². The van der Waals surface area contributed by atoms with Crippen LogP contribution in [0.2, 0.25) is 0 Å². The van der Waals surface area contributed by atoms with E-state index in [0.29, 0.717) is 25.0 Å². The zero-order valence-electron chi connectivity index (χ0n) is 28.1. The number of carbonyl (C=O) groups excluding carboxylic acids is 2. The van der Waals surface area contributed by atoms with E-state index in [1.807, 2.05) is 45.1 Å². The molecule has 1 amide bonds. The zero-order valence-corrected chi connectivity index (χ0v) is 28.1. The Morgan fingerprint density at radius 2 is 1.76 bits per heavy atom. The van der Waals surface area contributed by atoms with Crippen LogP contribution in [0.5, 0.6) is 0 Å². The Morgan fingerprint density at radius 3 is 2.43 bits per heavy atom. The number of cyclic esters (lactones) is 1. The molecule has 0 spiro atoms. The first kappa shape index (κ1) is 35.8. The van der Waals surface area contributed by atoms with Gasteiger partial charge in [-0.1, -0.05) is 63.8 Å². The number of amides is 1. The molecular weight excluding hydrogens is 584 g/mol. The van der Waals surface area contributed by atoms with Crippen molar-refractivity contribution in [1.29, 1.82) is 0 Å². The maximum atomic E-state index is 13.4. The fraction of sp³-hybridized carbons (Fsp3) is 0.667. The fourth-order valence-electron chi connectivity index (χ4n) is 6.63. The second kappa shape index (κ2) is 17.2. The molecular formula is C36H54N4O6. The third-order valence-electron chi connectivity index (χ3n) is 9.67. The summed E-state index contributed by atoms with van der Waals surface area (Å²) in [7, 11) is 0. The van der Waals surface area contributed by atoms with Gasteiger partial charge < -0.3 is 24.6 Å². The summed E-state index contributed by atoms with van der Waals surface area (Å²) in [6.45, 7) is 10.3. The van der Waals surface area contributed by atoms with Crippen molar-refractivity contribution >= 4 is 12.1 Å². The van der Waals surface area contributed by atoms with E-state index >= 15 is 0 Å². The van der Waals surface area contributed by atoms with Crippen molar-refractivity contribution < 1.29 is 29.3 Å². The summed E-state index contributed by atoms with van der Waals surface area (Å²) in [5.74, 6) is -0.109. The molecule has 1 saturated carbocycles. The first-order valence-corrected chi connectivity index (χ1v) is 17.1. The minimum absolute atomic E-state index is 0.00552. The van der Waals surface area contributed by atoms with Gasteiger partial charge in [0, 0.05) is 56.5 Å². The molecule has 2 aliphatic heterocycles. The molecule has 6 atom stereocenters. The number of hydrogen-bond acceptors (Lipinski definition) is 9. The monoisotopic (exact) mass is 638 g/mol. The number of hydrogen-bond donors (Lipinski definition) is 2. The lowest BCUT2D eigenvalue weighted by molar-refractivity contribution is -0.151. The zero-order chi connectivity index (χ0) is 33.1. The Balaban J connectivity index is 1.45. The van der Waals surface area contributed by atoms with Crippen molar-refractivity contribution in [1.82, 2.24) is 19.8 Å². The summed E-state index contributed by atoms with van der Waals surface area (Å²) in [5.41, 5.74) is -0.641. The van der Waals surface area contributed by atoms with Crippen LogP contribution in [0.4, 0.5) is 4.79 Å². The minimum Gasteiger partial charge on any atom is -0.457 e. The molecule has 3 heterocycles. The molecule has 0 radical (unpaired) electrons. The van der Waals surface area contributed by atoms with Gasteiger partial charge in [0.1, 0.15) is 17.5 Å². The first-order valence-electron chi connectivity index (χ1n) is 17.1. The van der Waals surface area contributed by atoms with Crippen molar-refractivity contribution in [3.8, 4) is 0 Å². The van der Waals surface area contributed by atoms with Gasteiger partial charge in [-0.05, 0) is 57.2 Å². The lowest BCUT2D eigenvalue weighted by Gasteiger charge is -2.40. The second-order valence-electron chi connectivity index (χ2n) is 13.6. The Labute approximate surface area is 274 Å². The molecule has 10 nitrogen and oxygen atoms in total. The lowest BCUT2D eigenvalue weighted by atomic mass is 9.88. The third-order valence-corrected chi connectivity index (χ3v) is 9.67. The predicted octanol–water partition coefficient (Wildman–Crippen LogP) is 5.33. The van der Waals surface area contributed by atoms with Crippen LogP contribution in [0, 0.1) is 5.92 Å². The molecule has 1 aromatic rings. The number of esters is 1. The SMILES string of the molecule is C/C(=C\C=C\[C@@H](C)c1ncccn1)[C@H]1OC(=O)C[C@H](O)CC[C@@](C)(O)[C@@H](OC(=O)N2CCN(C3CCCCCC3)CC2)/C=C/[C@@H]1C. The molecule has 10 heteroatoms. The summed E-state index contributed by atoms with van der Waals surface area (Å²) >= 11 is 0. The standard InChI is InChI=1S/C36H54N4O6/c1-26(11-9-12-28(3)34-37-19-10-20-38-34)33-27(2)15-16-31(36(4,44)18-17-30(41)25-32(42)46-33)45-35(43)40-23-21-39(22-24-40)29-13-7-5-6-8-14-29/h9-12,15-16,19-20,27-31,33,41,44H,5-8,13-14,17-18,21-25H2,1-4H3/b12-9+,16-15+,26-11+/t27-,28+,30+,31-,33+,36+/m0/s1. The Bertz CT molecular complexity index is 1200. The van der Waals surface area contributed by atoms with Gasteiger partial charge in [-0.3, -0.25) is 9.69 Å². The summed E-state index contributed by atoms with van der Waals surface area (Å²) < 4.78 is 11.9. The maximum Gasteiger partial charge on any atom is 0.410 e. The fourth-order valence-corrected chi connectivity index (χ4v) is 6.63. The van der Waals surface area contributed by atoms with E-state index in [4.69, 9.17) is 9.47 Å². The van der Waals surface area contributed by atoms with Crippen LogP contribution >= 0.6 is 0 Å². The largest absolute Gasteiger partial charge is 0.457 e.